The van der Waals surface area contributed by atoms with E-state index < -0.39 is 16.0 Å². The van der Waals surface area contributed by atoms with Crippen LogP contribution in [0.4, 0.5) is 5.00 Å². The van der Waals surface area contributed by atoms with Crippen LogP contribution in [-0.2, 0) is 10.0 Å². The van der Waals surface area contributed by atoms with Gasteiger partial charge in [0.15, 0.2) is 0 Å². The molecule has 8 heteroatoms. The molecule has 0 aromatic carbocycles. The first-order valence-electron chi connectivity index (χ1n) is 3.88. The number of carboxylic acid groups (broad SMARTS) is 1. The lowest BCUT2D eigenvalue weighted by molar-refractivity contribution is 0.0697. The number of hydrogen-bond acceptors (Lipinski definition) is 5. The molecule has 1 aromatic rings. The summed E-state index contributed by atoms with van der Waals surface area (Å²) in [5, 5.41) is 9.02. The lowest BCUT2D eigenvalue weighted by Crippen LogP contribution is -2.25. The molecule has 0 bridgehead atoms. The number of sulfonamides is 1. The molecule has 84 valence electrons. The van der Waals surface area contributed by atoms with Gasteiger partial charge in [-0.1, -0.05) is 0 Å². The fourth-order valence-electron chi connectivity index (χ4n) is 0.970. The van der Waals surface area contributed by atoms with Crippen molar-refractivity contribution in [3.63, 3.8) is 0 Å². The molecule has 0 aliphatic carbocycles. The van der Waals surface area contributed by atoms with Crippen LogP contribution in [-0.4, -0.2) is 37.2 Å². The monoisotopic (exact) mass is 250 g/mol. The maximum atomic E-state index is 11.2. The third-order valence-corrected chi connectivity index (χ3v) is 4.15. The maximum absolute atomic E-state index is 11.2. The van der Waals surface area contributed by atoms with Crippen molar-refractivity contribution in [3.8, 4) is 0 Å². The molecule has 15 heavy (non-hydrogen) atoms. The predicted molar refractivity (Wildman–Crippen MR) is 57.1 cm³/mol. The summed E-state index contributed by atoms with van der Waals surface area (Å²) in [6.07, 6.45) is 1.01. The largest absolute Gasteiger partial charge is 0.478 e. The molecule has 0 amide bonds. The minimum atomic E-state index is -3.46. The topological polar surface area (TPSA) is 87.6 Å². The second kappa shape index (κ2) is 3.78. The van der Waals surface area contributed by atoms with Gasteiger partial charge in [0.2, 0.25) is 10.0 Å². The first-order valence-corrected chi connectivity index (χ1v) is 6.50. The van der Waals surface area contributed by atoms with Gasteiger partial charge in [0.05, 0.1) is 11.9 Å². The predicted octanol–water partition coefficient (Wildman–Crippen LogP) is 0.546. The van der Waals surface area contributed by atoms with Gasteiger partial charge < -0.3 is 5.11 Å². The van der Waals surface area contributed by atoms with Gasteiger partial charge in [-0.25, -0.2) is 13.2 Å². The Morgan fingerprint density at radius 1 is 1.53 bits per heavy atom. The van der Waals surface area contributed by atoms with Gasteiger partial charge in [0.25, 0.3) is 0 Å². The van der Waals surface area contributed by atoms with Gasteiger partial charge in [-0.3, -0.25) is 4.31 Å². The molecule has 0 fully saturated rings. The second-order valence-corrected chi connectivity index (χ2v) is 5.75. The summed E-state index contributed by atoms with van der Waals surface area (Å²) in [7, 11) is -2.16. The SMILES string of the molecule is Cc1nsc(N(C)S(C)(=O)=O)c1C(=O)O. The summed E-state index contributed by atoms with van der Waals surface area (Å²) >= 11 is 0.855. The highest BCUT2D eigenvalue weighted by Gasteiger charge is 2.24. The Morgan fingerprint density at radius 2 is 2.07 bits per heavy atom. The second-order valence-electron chi connectivity index (χ2n) is 2.98. The highest BCUT2D eigenvalue weighted by atomic mass is 32.2. The molecule has 6 nitrogen and oxygen atoms in total. The zero-order valence-corrected chi connectivity index (χ0v) is 10.0. The number of anilines is 1. The summed E-state index contributed by atoms with van der Waals surface area (Å²) in [6, 6.07) is 0. The quantitative estimate of drug-likeness (QED) is 0.846. The number of nitrogens with zero attached hydrogens (tertiary/aromatic N) is 2. The van der Waals surface area contributed by atoms with E-state index in [1.165, 1.54) is 14.0 Å². The Morgan fingerprint density at radius 3 is 2.47 bits per heavy atom. The van der Waals surface area contributed by atoms with Crippen molar-refractivity contribution in [1.29, 1.82) is 0 Å². The van der Waals surface area contributed by atoms with E-state index in [0.29, 0.717) is 5.69 Å². The van der Waals surface area contributed by atoms with Crippen molar-refractivity contribution in [2.75, 3.05) is 17.6 Å². The highest BCUT2D eigenvalue weighted by molar-refractivity contribution is 7.92. The van der Waals surface area contributed by atoms with Crippen LogP contribution in [0.2, 0.25) is 0 Å². The van der Waals surface area contributed by atoms with Crippen LogP contribution in [0, 0.1) is 6.92 Å². The van der Waals surface area contributed by atoms with E-state index >= 15 is 0 Å². The first-order chi connectivity index (χ1) is 6.75. The molecule has 0 saturated heterocycles. The van der Waals surface area contributed by atoms with Crippen molar-refractivity contribution in [2.45, 2.75) is 6.92 Å². The molecule has 1 aromatic heterocycles. The molecule has 1 rings (SSSR count). The van der Waals surface area contributed by atoms with Gasteiger partial charge >= 0.3 is 5.97 Å². The van der Waals surface area contributed by atoms with Gasteiger partial charge in [0.1, 0.15) is 10.6 Å². The van der Waals surface area contributed by atoms with Crippen LogP contribution >= 0.6 is 11.5 Å². The minimum absolute atomic E-state index is 0.0621. The van der Waals surface area contributed by atoms with Crippen LogP contribution < -0.4 is 4.31 Å². The van der Waals surface area contributed by atoms with E-state index in [2.05, 4.69) is 4.37 Å². The number of hydrogen-bond donors (Lipinski definition) is 1. The van der Waals surface area contributed by atoms with E-state index in [4.69, 9.17) is 5.11 Å². The Kier molecular flexibility index (Phi) is 3.00. The molecular formula is C7H10N2O4S2. The molecule has 1 heterocycles. The normalized spacial score (nSPS) is 11.4. The number of aryl methyl sites for hydroxylation is 1. The Bertz CT molecular complexity index is 491. The zero-order chi connectivity index (χ0) is 11.8. The van der Waals surface area contributed by atoms with Crippen molar-refractivity contribution in [2.24, 2.45) is 0 Å². The summed E-state index contributed by atoms with van der Waals surface area (Å²) in [5.74, 6) is -1.17. The van der Waals surface area contributed by atoms with E-state index in [9.17, 15) is 13.2 Å². The zero-order valence-electron chi connectivity index (χ0n) is 8.38. The average molecular weight is 250 g/mol. The van der Waals surface area contributed by atoms with E-state index in [-0.39, 0.29) is 10.6 Å². The minimum Gasteiger partial charge on any atom is -0.478 e. The van der Waals surface area contributed by atoms with E-state index in [1.807, 2.05) is 0 Å². The van der Waals surface area contributed by atoms with Crippen molar-refractivity contribution >= 4 is 32.5 Å². The molecular weight excluding hydrogens is 240 g/mol. The molecule has 1 N–H and O–H groups in total. The number of rotatable bonds is 3. The van der Waals surface area contributed by atoms with Crippen LogP contribution in [0.25, 0.3) is 0 Å². The Labute approximate surface area is 91.4 Å². The molecule has 0 aliphatic heterocycles. The summed E-state index contributed by atoms with van der Waals surface area (Å²) in [5.41, 5.74) is 0.255. The smallest absolute Gasteiger partial charge is 0.340 e. The third kappa shape index (κ3) is 2.26. The number of carbonyl (C=O) groups is 1. The molecule has 0 spiro atoms. The van der Waals surface area contributed by atoms with E-state index in [1.54, 1.807) is 0 Å². The number of aromatic carboxylic acids is 1. The lowest BCUT2D eigenvalue weighted by atomic mass is 10.2. The van der Waals surface area contributed by atoms with Crippen LogP contribution in [0.5, 0.6) is 0 Å². The fraction of sp³-hybridized carbons (Fsp3) is 0.429. The summed E-state index contributed by atoms with van der Waals surface area (Å²) in [4.78, 5) is 10.9. The van der Waals surface area contributed by atoms with Crippen LogP contribution in [0.1, 0.15) is 16.1 Å². The highest BCUT2D eigenvalue weighted by Crippen LogP contribution is 2.28. The molecule has 0 atom stereocenters. The van der Waals surface area contributed by atoms with Gasteiger partial charge in [-0.2, -0.15) is 4.37 Å². The Balaban J connectivity index is 3.33. The van der Waals surface area contributed by atoms with Gasteiger partial charge in [0, 0.05) is 7.05 Å². The standard InChI is InChI=1S/C7H10N2O4S2/c1-4-5(7(10)11)6(14-8-4)9(2)15(3,12)13/h1-3H3,(H,10,11). The maximum Gasteiger partial charge on any atom is 0.340 e. The first kappa shape index (κ1) is 11.9. The van der Waals surface area contributed by atoms with Crippen LogP contribution in [0.15, 0.2) is 0 Å². The summed E-state index contributed by atoms with van der Waals surface area (Å²) < 4.78 is 27.2. The van der Waals surface area contributed by atoms with Crippen molar-refractivity contribution in [1.82, 2.24) is 4.37 Å². The van der Waals surface area contributed by atoms with Crippen LogP contribution in [0.3, 0.4) is 0 Å². The van der Waals surface area contributed by atoms with Gasteiger partial charge in [-0.15, -0.1) is 0 Å². The third-order valence-electron chi connectivity index (χ3n) is 1.84. The number of aromatic nitrogens is 1. The van der Waals surface area contributed by atoms with E-state index in [0.717, 1.165) is 22.1 Å². The summed E-state index contributed by atoms with van der Waals surface area (Å²) in [6.45, 7) is 1.53. The Hall–Kier alpha value is -1.15. The molecule has 0 saturated carbocycles. The molecule has 0 radical (unpaired) electrons. The van der Waals surface area contributed by atoms with Gasteiger partial charge in [-0.05, 0) is 18.5 Å². The average Bonchev–Trinajstić information content (AvgIpc) is 2.43. The number of carboxylic acids is 1. The lowest BCUT2D eigenvalue weighted by Gasteiger charge is -2.14. The van der Waals surface area contributed by atoms with Crippen molar-refractivity contribution < 1.29 is 18.3 Å². The fourth-order valence-corrected chi connectivity index (χ4v) is 2.62. The molecule has 0 unspecified atom stereocenters. The van der Waals surface area contributed by atoms with Crippen molar-refractivity contribution in [3.05, 3.63) is 11.3 Å². The molecule has 0 aliphatic rings.